The Labute approximate surface area is 137 Å². The average molecular weight is 408 g/mol. The van der Waals surface area contributed by atoms with Gasteiger partial charge in [-0.1, -0.05) is 29.5 Å². The molecule has 2 aliphatic heterocycles. The third kappa shape index (κ3) is 2.57. The molecule has 0 amide bonds. The fraction of sp³-hybridized carbons (Fsp3) is 0.857. The second-order valence-corrected chi connectivity index (χ2v) is 8.48. The van der Waals surface area contributed by atoms with Crippen molar-refractivity contribution in [1.82, 2.24) is 10.6 Å². The monoisotopic (exact) mass is 408 g/mol. The van der Waals surface area contributed by atoms with E-state index in [9.17, 15) is 9.59 Å². The van der Waals surface area contributed by atoms with Crippen LogP contribution in [0.5, 0.6) is 0 Å². The van der Waals surface area contributed by atoms with Gasteiger partial charge in [0.1, 0.15) is 11.3 Å². The maximum Gasteiger partial charge on any atom is 0.344 e. The van der Waals surface area contributed by atoms with Crippen LogP contribution in [0.15, 0.2) is 0 Å². The summed E-state index contributed by atoms with van der Waals surface area (Å²) in [4.78, 5) is 24.1. The van der Waals surface area contributed by atoms with Crippen LogP contribution in [0.1, 0.15) is 46.0 Å². The van der Waals surface area contributed by atoms with Crippen molar-refractivity contribution in [2.24, 2.45) is 0 Å². The first kappa shape index (κ1) is 15.5. The summed E-state index contributed by atoms with van der Waals surface area (Å²) in [6, 6.07) is 0. The molecule has 2 N–H and O–H groups in total. The first-order valence-corrected chi connectivity index (χ1v) is 8.56. The molecule has 7 heteroatoms. The van der Waals surface area contributed by atoms with Crippen molar-refractivity contribution in [2.45, 2.75) is 66.8 Å². The number of halogens is 1. The molecule has 1 unspecified atom stereocenters. The highest BCUT2D eigenvalue weighted by Crippen LogP contribution is 2.51. The van der Waals surface area contributed by atoms with E-state index in [1.165, 1.54) is 0 Å². The molecule has 118 valence electrons. The molecule has 6 nitrogen and oxygen atoms in total. The molecule has 1 aliphatic carbocycles. The van der Waals surface area contributed by atoms with Crippen LogP contribution in [0.4, 0.5) is 0 Å². The Morgan fingerprint density at radius 1 is 1.33 bits per heavy atom. The van der Waals surface area contributed by atoms with Crippen LogP contribution in [0.25, 0.3) is 0 Å². The van der Waals surface area contributed by atoms with Crippen molar-refractivity contribution in [3.8, 4) is 0 Å². The van der Waals surface area contributed by atoms with Crippen LogP contribution in [0.2, 0.25) is 0 Å². The quantitative estimate of drug-likeness (QED) is 0.297. The molecule has 1 atom stereocenters. The van der Waals surface area contributed by atoms with Gasteiger partial charge in [-0.3, -0.25) is 15.4 Å². The molecule has 21 heavy (non-hydrogen) atoms. The summed E-state index contributed by atoms with van der Waals surface area (Å²) in [6.45, 7) is 3.53. The number of esters is 2. The van der Waals surface area contributed by atoms with Gasteiger partial charge in [0.05, 0.1) is 6.17 Å². The molecule has 0 bridgehead atoms. The van der Waals surface area contributed by atoms with Gasteiger partial charge in [-0.15, -0.1) is 0 Å². The van der Waals surface area contributed by atoms with Crippen LogP contribution < -0.4 is 10.6 Å². The van der Waals surface area contributed by atoms with Crippen molar-refractivity contribution < 1.29 is 19.1 Å². The lowest BCUT2D eigenvalue weighted by molar-refractivity contribution is -0.170. The number of hydrogen-bond acceptors (Lipinski definition) is 6. The van der Waals surface area contributed by atoms with Gasteiger partial charge in [-0.25, -0.2) is 4.79 Å². The maximum absolute atomic E-state index is 12.2. The first-order chi connectivity index (χ1) is 9.85. The largest absolute Gasteiger partial charge is 0.457 e. The third-order valence-electron chi connectivity index (χ3n) is 4.94. The zero-order valence-corrected chi connectivity index (χ0v) is 14.5. The van der Waals surface area contributed by atoms with Crippen molar-refractivity contribution in [3.63, 3.8) is 0 Å². The molecule has 0 spiro atoms. The molecule has 0 aromatic heterocycles. The molecule has 1 saturated carbocycles. The summed E-state index contributed by atoms with van der Waals surface area (Å²) in [5.41, 5.74) is -0.665. The standard InChI is InChI=1S/C14H21IN2O4/c1-3-13(6-4-5-7-13)21-9(18)8-20-11(19)12(2,15)14-10(16-14)17-14/h10,16-17H,3-8H2,1-2H3. The Balaban J connectivity index is 1.48. The normalized spacial score (nSPS) is 34.5. The van der Waals surface area contributed by atoms with Crippen molar-refractivity contribution in [1.29, 1.82) is 0 Å². The van der Waals surface area contributed by atoms with E-state index in [1.807, 2.05) is 6.92 Å². The van der Waals surface area contributed by atoms with Crippen LogP contribution in [0.3, 0.4) is 0 Å². The number of ether oxygens (including phenoxy) is 2. The summed E-state index contributed by atoms with van der Waals surface area (Å²) < 4.78 is 10.0. The van der Waals surface area contributed by atoms with Gasteiger partial charge in [0.25, 0.3) is 0 Å². The lowest BCUT2D eigenvalue weighted by atomic mass is 9.99. The second-order valence-electron chi connectivity index (χ2n) is 6.33. The van der Waals surface area contributed by atoms with Gasteiger partial charge < -0.3 is 9.47 Å². The van der Waals surface area contributed by atoms with Gasteiger partial charge in [0.2, 0.25) is 0 Å². The third-order valence-corrected chi connectivity index (χ3v) is 6.24. The van der Waals surface area contributed by atoms with Crippen molar-refractivity contribution >= 4 is 34.5 Å². The van der Waals surface area contributed by atoms with E-state index in [-0.39, 0.29) is 24.0 Å². The molecular formula is C14H21IN2O4. The van der Waals surface area contributed by atoms with E-state index in [2.05, 4.69) is 33.2 Å². The fourth-order valence-electron chi connectivity index (χ4n) is 3.15. The maximum atomic E-state index is 12.2. The van der Waals surface area contributed by atoms with Crippen molar-refractivity contribution in [2.75, 3.05) is 6.61 Å². The number of alkyl halides is 1. The van der Waals surface area contributed by atoms with E-state index in [0.29, 0.717) is 0 Å². The van der Waals surface area contributed by atoms with Crippen LogP contribution in [-0.4, -0.2) is 39.4 Å². The zero-order valence-electron chi connectivity index (χ0n) is 12.3. The Kier molecular flexibility index (Phi) is 3.73. The van der Waals surface area contributed by atoms with Gasteiger partial charge in [-0.05, 0) is 39.0 Å². The number of carbonyl (C=O) groups is 2. The summed E-state index contributed by atoms with van der Waals surface area (Å²) in [5.74, 6) is -0.835. The molecule has 0 aromatic carbocycles. The number of rotatable bonds is 6. The predicted octanol–water partition coefficient (Wildman–Crippen LogP) is 1.22. The van der Waals surface area contributed by atoms with Gasteiger partial charge in [0.15, 0.2) is 10.0 Å². The summed E-state index contributed by atoms with van der Waals surface area (Å²) in [5, 5.41) is 6.31. The second kappa shape index (κ2) is 5.06. The highest BCUT2D eigenvalue weighted by atomic mass is 127. The molecule has 0 aromatic rings. The average Bonchev–Trinajstić information content (AvgIpc) is 3.26. The lowest BCUT2D eigenvalue weighted by Crippen LogP contribution is -2.48. The minimum Gasteiger partial charge on any atom is -0.457 e. The predicted molar refractivity (Wildman–Crippen MR) is 83.8 cm³/mol. The molecule has 2 saturated heterocycles. The number of carbonyl (C=O) groups excluding carboxylic acids is 2. The smallest absolute Gasteiger partial charge is 0.344 e. The Morgan fingerprint density at radius 3 is 2.38 bits per heavy atom. The fourth-order valence-corrected chi connectivity index (χ4v) is 3.93. The summed E-state index contributed by atoms with van der Waals surface area (Å²) >= 11 is 2.07. The number of hydrogen-bond donors (Lipinski definition) is 2. The van der Waals surface area contributed by atoms with E-state index in [0.717, 1.165) is 32.1 Å². The molecular weight excluding hydrogens is 387 g/mol. The van der Waals surface area contributed by atoms with Gasteiger partial charge >= 0.3 is 11.9 Å². The summed E-state index contributed by atoms with van der Waals surface area (Å²) in [7, 11) is 0. The first-order valence-electron chi connectivity index (χ1n) is 7.49. The van der Waals surface area contributed by atoms with Gasteiger partial charge in [0, 0.05) is 0 Å². The topological polar surface area (TPSA) is 96.5 Å². The van der Waals surface area contributed by atoms with E-state index >= 15 is 0 Å². The zero-order chi connectivity index (χ0) is 15.3. The minimum atomic E-state index is -0.717. The van der Waals surface area contributed by atoms with E-state index in [4.69, 9.17) is 9.47 Å². The molecule has 3 fully saturated rings. The minimum absolute atomic E-state index is 0.209. The summed E-state index contributed by atoms with van der Waals surface area (Å²) in [6.07, 6.45) is 5.02. The molecule has 3 rings (SSSR count). The lowest BCUT2D eigenvalue weighted by Gasteiger charge is -2.28. The Morgan fingerprint density at radius 2 is 1.90 bits per heavy atom. The SMILES string of the molecule is CCC1(OC(=O)COC(=O)C(C)(I)C23NC2N3)CCCC1. The van der Waals surface area contributed by atoms with Crippen LogP contribution >= 0.6 is 22.6 Å². The highest BCUT2D eigenvalue weighted by Gasteiger charge is 2.80. The van der Waals surface area contributed by atoms with E-state index < -0.39 is 15.4 Å². The highest BCUT2D eigenvalue weighted by molar-refractivity contribution is 14.1. The molecule has 2 heterocycles. The van der Waals surface area contributed by atoms with Gasteiger partial charge in [-0.2, -0.15) is 0 Å². The number of fused-ring (bicyclic) bond motifs is 1. The molecule has 0 radical (unpaired) electrons. The molecule has 3 aliphatic rings. The van der Waals surface area contributed by atoms with E-state index in [1.54, 1.807) is 6.92 Å². The van der Waals surface area contributed by atoms with Crippen LogP contribution in [0, 0.1) is 0 Å². The van der Waals surface area contributed by atoms with Crippen molar-refractivity contribution in [3.05, 3.63) is 0 Å². The van der Waals surface area contributed by atoms with Crippen LogP contribution in [-0.2, 0) is 19.1 Å². The Bertz CT molecular complexity index is 468. The Hall–Kier alpha value is -0.410. The number of nitrogens with one attached hydrogen (secondary N) is 2.